The number of rotatable bonds is 28. The fraction of sp³-hybridized carbons (Fsp3) is 0.846. The zero-order chi connectivity index (χ0) is 26.5. The van der Waals surface area contributed by atoms with Crippen LogP contribution in [-0.4, -0.2) is 104 Å². The maximum Gasteiger partial charge on any atom is 0.333 e. The van der Waals surface area contributed by atoms with Gasteiger partial charge in [0.05, 0.1) is 79.3 Å². The summed E-state index contributed by atoms with van der Waals surface area (Å²) in [7, 11) is 0. The number of hydrogen-bond donors (Lipinski definition) is 0. The van der Waals surface area contributed by atoms with Gasteiger partial charge in [-0.2, -0.15) is 0 Å². The van der Waals surface area contributed by atoms with E-state index in [-0.39, 0.29) is 19.2 Å². The third-order valence-corrected chi connectivity index (χ3v) is 4.64. The molecule has 0 N–H and O–H groups in total. The second-order valence-corrected chi connectivity index (χ2v) is 7.98. The Labute approximate surface area is 216 Å². The van der Waals surface area contributed by atoms with Gasteiger partial charge >= 0.3 is 11.9 Å². The minimum atomic E-state index is -0.413. The monoisotopic (exact) mass is 520 g/mol. The van der Waals surface area contributed by atoms with Crippen LogP contribution in [-0.2, 0) is 47.5 Å². The molecule has 0 aliphatic heterocycles. The molecule has 0 aromatic carbocycles. The maximum absolute atomic E-state index is 11.6. The average molecular weight is 521 g/mol. The minimum absolute atomic E-state index is 0.151. The van der Waals surface area contributed by atoms with E-state index in [2.05, 4.69) is 13.5 Å². The van der Waals surface area contributed by atoms with Gasteiger partial charge in [-0.3, -0.25) is 4.79 Å². The van der Waals surface area contributed by atoms with Crippen LogP contribution >= 0.6 is 0 Å². The standard InChI is InChI=1S/C26H48O10/c1-4-5-6-7-8-9-25(27)35-22-20-33-18-16-31-14-12-29-10-11-30-13-15-32-17-19-34-21-23-36-26(28)24(2)3/h2,4-23H2,1,3H3. The van der Waals surface area contributed by atoms with Crippen LogP contribution in [0.1, 0.15) is 52.4 Å². The molecule has 36 heavy (non-hydrogen) atoms. The van der Waals surface area contributed by atoms with Gasteiger partial charge in [-0.15, -0.1) is 0 Å². The van der Waals surface area contributed by atoms with Gasteiger partial charge in [0.2, 0.25) is 0 Å². The minimum Gasteiger partial charge on any atom is -0.463 e. The summed E-state index contributed by atoms with van der Waals surface area (Å²) >= 11 is 0. The van der Waals surface area contributed by atoms with Crippen molar-refractivity contribution in [3.8, 4) is 0 Å². The summed E-state index contributed by atoms with van der Waals surface area (Å²) in [6.07, 6.45) is 6.07. The highest BCUT2D eigenvalue weighted by Gasteiger charge is 2.03. The first-order valence-corrected chi connectivity index (χ1v) is 13.0. The Hall–Kier alpha value is -1.56. The molecule has 0 saturated heterocycles. The van der Waals surface area contributed by atoms with Crippen LogP contribution in [0.5, 0.6) is 0 Å². The van der Waals surface area contributed by atoms with Crippen molar-refractivity contribution in [1.82, 2.24) is 0 Å². The van der Waals surface area contributed by atoms with Crippen molar-refractivity contribution in [1.29, 1.82) is 0 Å². The van der Waals surface area contributed by atoms with E-state index in [0.29, 0.717) is 91.3 Å². The van der Waals surface area contributed by atoms with Gasteiger partial charge < -0.3 is 37.9 Å². The number of carbonyl (C=O) groups excluding carboxylic acids is 2. The van der Waals surface area contributed by atoms with Crippen molar-refractivity contribution in [3.63, 3.8) is 0 Å². The van der Waals surface area contributed by atoms with E-state index < -0.39 is 5.97 Å². The number of unbranched alkanes of at least 4 members (excludes halogenated alkanes) is 4. The topological polar surface area (TPSA) is 108 Å². The lowest BCUT2D eigenvalue weighted by Gasteiger charge is -2.09. The molecular formula is C26H48O10. The van der Waals surface area contributed by atoms with E-state index in [0.717, 1.165) is 12.8 Å². The zero-order valence-electron chi connectivity index (χ0n) is 22.4. The van der Waals surface area contributed by atoms with E-state index in [4.69, 9.17) is 37.9 Å². The fourth-order valence-corrected chi connectivity index (χ4v) is 2.68. The highest BCUT2D eigenvalue weighted by Crippen LogP contribution is 2.05. The van der Waals surface area contributed by atoms with Crippen molar-refractivity contribution < 1.29 is 47.5 Å². The molecule has 0 spiro atoms. The molecule has 0 bridgehead atoms. The lowest BCUT2D eigenvalue weighted by Crippen LogP contribution is -2.15. The third-order valence-electron chi connectivity index (χ3n) is 4.64. The van der Waals surface area contributed by atoms with E-state index in [1.807, 2.05) is 0 Å². The van der Waals surface area contributed by atoms with E-state index in [1.165, 1.54) is 19.3 Å². The van der Waals surface area contributed by atoms with Crippen molar-refractivity contribution in [2.24, 2.45) is 0 Å². The largest absolute Gasteiger partial charge is 0.463 e. The van der Waals surface area contributed by atoms with Gasteiger partial charge in [0.1, 0.15) is 13.2 Å². The molecule has 0 atom stereocenters. The van der Waals surface area contributed by atoms with E-state index in [1.54, 1.807) is 6.92 Å². The Morgan fingerprint density at radius 3 is 1.28 bits per heavy atom. The quantitative estimate of drug-likeness (QED) is 0.0867. The second-order valence-electron chi connectivity index (χ2n) is 7.98. The van der Waals surface area contributed by atoms with Gasteiger partial charge in [-0.1, -0.05) is 39.2 Å². The molecule has 0 heterocycles. The van der Waals surface area contributed by atoms with E-state index in [9.17, 15) is 9.59 Å². The SMILES string of the molecule is C=C(C)C(=O)OCCOCCOCCOCCOCCOCCOCCOC(=O)CCCCCCC. The first-order chi connectivity index (χ1) is 17.6. The number of ether oxygens (including phenoxy) is 8. The summed E-state index contributed by atoms with van der Waals surface area (Å²) < 4.78 is 42.3. The molecular weight excluding hydrogens is 472 g/mol. The average Bonchev–Trinajstić information content (AvgIpc) is 2.86. The molecule has 0 saturated carbocycles. The predicted molar refractivity (Wildman–Crippen MR) is 135 cm³/mol. The Balaban J connectivity index is 3.13. The molecule has 0 unspecified atom stereocenters. The molecule has 0 amide bonds. The van der Waals surface area contributed by atoms with Crippen LogP contribution in [0.15, 0.2) is 12.2 Å². The number of carbonyl (C=O) groups is 2. The van der Waals surface area contributed by atoms with Crippen LogP contribution < -0.4 is 0 Å². The summed E-state index contributed by atoms with van der Waals surface area (Å²) in [5.41, 5.74) is 0.370. The summed E-state index contributed by atoms with van der Waals surface area (Å²) in [6.45, 7) is 13.1. The number of hydrogen-bond acceptors (Lipinski definition) is 10. The summed E-state index contributed by atoms with van der Waals surface area (Å²) in [5, 5.41) is 0. The summed E-state index contributed by atoms with van der Waals surface area (Å²) in [5.74, 6) is -0.564. The van der Waals surface area contributed by atoms with Gasteiger partial charge in [0.15, 0.2) is 0 Å². The molecule has 212 valence electrons. The maximum atomic E-state index is 11.6. The highest BCUT2D eigenvalue weighted by molar-refractivity contribution is 5.86. The Kier molecular flexibility index (Phi) is 26.8. The Morgan fingerprint density at radius 1 is 0.528 bits per heavy atom. The Morgan fingerprint density at radius 2 is 0.889 bits per heavy atom. The molecule has 0 radical (unpaired) electrons. The normalized spacial score (nSPS) is 10.9. The summed E-state index contributed by atoms with van der Waals surface area (Å²) in [4.78, 5) is 22.7. The highest BCUT2D eigenvalue weighted by atomic mass is 16.6. The lowest BCUT2D eigenvalue weighted by molar-refractivity contribution is -0.145. The molecule has 0 aliphatic rings. The van der Waals surface area contributed by atoms with Gasteiger partial charge in [-0.05, 0) is 13.3 Å². The molecule has 0 rings (SSSR count). The lowest BCUT2D eigenvalue weighted by atomic mass is 10.1. The van der Waals surface area contributed by atoms with Crippen LogP contribution in [0, 0.1) is 0 Å². The third kappa shape index (κ3) is 27.0. The van der Waals surface area contributed by atoms with Crippen LogP contribution in [0.4, 0.5) is 0 Å². The van der Waals surface area contributed by atoms with Crippen LogP contribution in [0.25, 0.3) is 0 Å². The molecule has 0 aromatic rings. The Bertz CT molecular complexity index is 527. The molecule has 0 aromatic heterocycles. The van der Waals surface area contributed by atoms with Crippen LogP contribution in [0.3, 0.4) is 0 Å². The number of esters is 2. The smallest absolute Gasteiger partial charge is 0.333 e. The molecule has 0 aliphatic carbocycles. The molecule has 0 fully saturated rings. The van der Waals surface area contributed by atoms with Gasteiger partial charge in [0, 0.05) is 12.0 Å². The van der Waals surface area contributed by atoms with E-state index >= 15 is 0 Å². The molecule has 10 heteroatoms. The predicted octanol–water partition coefficient (Wildman–Crippen LogP) is 3.11. The van der Waals surface area contributed by atoms with Crippen molar-refractivity contribution >= 4 is 11.9 Å². The zero-order valence-corrected chi connectivity index (χ0v) is 22.4. The van der Waals surface area contributed by atoms with Gasteiger partial charge in [-0.25, -0.2) is 4.79 Å². The van der Waals surface area contributed by atoms with Crippen molar-refractivity contribution in [3.05, 3.63) is 12.2 Å². The van der Waals surface area contributed by atoms with Crippen molar-refractivity contribution in [2.45, 2.75) is 52.4 Å². The summed E-state index contributed by atoms with van der Waals surface area (Å²) in [6, 6.07) is 0. The molecule has 10 nitrogen and oxygen atoms in total. The fourth-order valence-electron chi connectivity index (χ4n) is 2.68. The second kappa shape index (κ2) is 28.0. The van der Waals surface area contributed by atoms with Crippen molar-refractivity contribution in [2.75, 3.05) is 92.5 Å². The first kappa shape index (κ1) is 34.4. The van der Waals surface area contributed by atoms with Crippen LogP contribution in [0.2, 0.25) is 0 Å². The van der Waals surface area contributed by atoms with Gasteiger partial charge in [0.25, 0.3) is 0 Å². The first-order valence-electron chi connectivity index (χ1n) is 13.0.